The molecule has 2 aromatic rings. The van der Waals surface area contributed by atoms with Gasteiger partial charge in [0.1, 0.15) is 17.3 Å². The number of amides is 1. The second-order valence-corrected chi connectivity index (χ2v) is 7.23. The molecule has 1 amide bonds. The summed E-state index contributed by atoms with van der Waals surface area (Å²) in [6, 6.07) is 6.12. The normalized spacial score (nSPS) is 16.6. The summed E-state index contributed by atoms with van der Waals surface area (Å²) in [5, 5.41) is 12.7. The number of pyridine rings is 1. The van der Waals surface area contributed by atoms with Crippen LogP contribution in [0.1, 0.15) is 55.2 Å². The number of rotatable bonds is 5. The molecule has 6 nitrogen and oxygen atoms in total. The number of carbonyl (C=O) groups is 1. The van der Waals surface area contributed by atoms with E-state index in [0.29, 0.717) is 17.0 Å². The Morgan fingerprint density at radius 2 is 2.07 bits per heavy atom. The molecule has 4 rings (SSSR count). The number of furan rings is 1. The monoisotopic (exact) mass is 365 g/mol. The minimum Gasteiger partial charge on any atom is -0.467 e. The molecule has 140 valence electrons. The lowest BCUT2D eigenvalue weighted by atomic mass is 9.95. The highest BCUT2D eigenvalue weighted by molar-refractivity contribution is 5.78. The van der Waals surface area contributed by atoms with Gasteiger partial charge in [-0.05, 0) is 55.4 Å². The lowest BCUT2D eigenvalue weighted by molar-refractivity contribution is -0.124. The maximum atomic E-state index is 12.3. The van der Waals surface area contributed by atoms with Gasteiger partial charge < -0.3 is 14.5 Å². The molecule has 2 heterocycles. The highest BCUT2D eigenvalue weighted by Crippen LogP contribution is 2.37. The molecule has 2 aliphatic carbocycles. The lowest BCUT2D eigenvalue weighted by Crippen LogP contribution is -2.39. The number of nitrogens with zero attached hydrogens (tertiary/aromatic N) is 2. The van der Waals surface area contributed by atoms with Crippen molar-refractivity contribution in [2.24, 2.45) is 0 Å². The first kappa shape index (κ1) is 17.6. The van der Waals surface area contributed by atoms with Gasteiger partial charge in [0.25, 0.3) is 5.91 Å². The van der Waals surface area contributed by atoms with Crippen LogP contribution in [-0.4, -0.2) is 23.5 Å². The summed E-state index contributed by atoms with van der Waals surface area (Å²) >= 11 is 0. The Kier molecular flexibility index (Phi) is 5.10. The van der Waals surface area contributed by atoms with Crippen LogP contribution in [0.5, 0.6) is 5.88 Å². The van der Waals surface area contributed by atoms with E-state index in [2.05, 4.69) is 16.4 Å². The van der Waals surface area contributed by atoms with Gasteiger partial charge in [0.2, 0.25) is 5.88 Å². The number of fused-ring (bicyclic) bond motifs is 1. The van der Waals surface area contributed by atoms with Crippen LogP contribution in [-0.2, 0) is 17.6 Å². The Balaban J connectivity index is 1.54. The van der Waals surface area contributed by atoms with Gasteiger partial charge >= 0.3 is 0 Å². The quantitative estimate of drug-likeness (QED) is 0.876. The third-order valence-electron chi connectivity index (χ3n) is 5.41. The number of nitrogens with one attached hydrogen (secondary N) is 1. The number of hydrogen-bond acceptors (Lipinski definition) is 5. The van der Waals surface area contributed by atoms with Gasteiger partial charge in [-0.2, -0.15) is 5.26 Å². The summed E-state index contributed by atoms with van der Waals surface area (Å²) in [5.41, 5.74) is 3.19. The maximum absolute atomic E-state index is 12.3. The second kappa shape index (κ2) is 7.83. The van der Waals surface area contributed by atoms with Gasteiger partial charge in [-0.1, -0.05) is 19.3 Å². The van der Waals surface area contributed by atoms with Crippen LogP contribution in [0.3, 0.4) is 0 Å². The molecule has 6 heteroatoms. The standard InChI is InChI=1S/C21H23N3O3/c22-12-17-15-8-4-9-16(15)20(18-10-5-11-26-18)24-21(17)27-13-19(25)23-14-6-2-1-3-7-14/h5,10-11,14H,1-4,6-9,13H2,(H,23,25). The van der Waals surface area contributed by atoms with E-state index in [1.54, 1.807) is 6.26 Å². The van der Waals surface area contributed by atoms with Crippen LogP contribution >= 0.6 is 0 Å². The maximum Gasteiger partial charge on any atom is 0.258 e. The highest BCUT2D eigenvalue weighted by atomic mass is 16.5. The first-order valence-electron chi connectivity index (χ1n) is 9.68. The van der Waals surface area contributed by atoms with Crippen molar-refractivity contribution in [1.82, 2.24) is 10.3 Å². The van der Waals surface area contributed by atoms with Gasteiger partial charge in [-0.3, -0.25) is 4.79 Å². The molecule has 2 aromatic heterocycles. The van der Waals surface area contributed by atoms with Gasteiger partial charge in [0.15, 0.2) is 12.4 Å². The molecular weight excluding hydrogens is 342 g/mol. The first-order chi connectivity index (χ1) is 13.3. The summed E-state index contributed by atoms with van der Waals surface area (Å²) in [7, 11) is 0. The second-order valence-electron chi connectivity index (χ2n) is 7.23. The predicted octanol–water partition coefficient (Wildman–Crippen LogP) is 3.53. The average molecular weight is 365 g/mol. The Labute approximate surface area is 158 Å². The van der Waals surface area contributed by atoms with Crippen LogP contribution in [0, 0.1) is 11.3 Å². The predicted molar refractivity (Wildman–Crippen MR) is 99.2 cm³/mol. The molecule has 0 atom stereocenters. The molecule has 27 heavy (non-hydrogen) atoms. The zero-order chi connectivity index (χ0) is 18.6. The van der Waals surface area contributed by atoms with Crippen molar-refractivity contribution >= 4 is 5.91 Å². The number of hydrogen-bond donors (Lipinski definition) is 1. The molecule has 0 unspecified atom stereocenters. The summed E-state index contributed by atoms with van der Waals surface area (Å²) in [5.74, 6) is 0.727. The SMILES string of the molecule is N#Cc1c(OCC(=O)NC2CCCCC2)nc(-c2ccco2)c2c1CCC2. The van der Waals surface area contributed by atoms with E-state index in [4.69, 9.17) is 9.15 Å². The van der Waals surface area contributed by atoms with Crippen LogP contribution < -0.4 is 10.1 Å². The van der Waals surface area contributed by atoms with Crippen molar-refractivity contribution in [2.75, 3.05) is 6.61 Å². The van der Waals surface area contributed by atoms with Crippen molar-refractivity contribution in [3.63, 3.8) is 0 Å². The highest BCUT2D eigenvalue weighted by Gasteiger charge is 2.26. The van der Waals surface area contributed by atoms with Crippen LogP contribution in [0.25, 0.3) is 11.5 Å². The lowest BCUT2D eigenvalue weighted by Gasteiger charge is -2.22. The molecule has 2 aliphatic rings. The minimum atomic E-state index is -0.160. The van der Waals surface area contributed by atoms with Crippen LogP contribution in [0.4, 0.5) is 0 Å². The molecule has 1 fully saturated rings. The average Bonchev–Trinajstić information content (AvgIpc) is 3.38. The summed E-state index contributed by atoms with van der Waals surface area (Å²) in [6.45, 7) is -0.130. The van der Waals surface area contributed by atoms with E-state index in [-0.39, 0.29) is 24.4 Å². The largest absolute Gasteiger partial charge is 0.467 e. The zero-order valence-electron chi connectivity index (χ0n) is 15.3. The summed E-state index contributed by atoms with van der Waals surface area (Å²) in [4.78, 5) is 16.8. The van der Waals surface area contributed by atoms with E-state index in [1.807, 2.05) is 12.1 Å². The fraction of sp³-hybridized carbons (Fsp3) is 0.476. The molecule has 0 bridgehead atoms. The third kappa shape index (κ3) is 3.68. The van der Waals surface area contributed by atoms with Gasteiger partial charge in [-0.15, -0.1) is 0 Å². The molecule has 0 radical (unpaired) electrons. The van der Waals surface area contributed by atoms with Crippen LogP contribution in [0.15, 0.2) is 22.8 Å². The zero-order valence-corrected chi connectivity index (χ0v) is 15.3. The van der Waals surface area contributed by atoms with Crippen molar-refractivity contribution in [3.05, 3.63) is 35.1 Å². The fourth-order valence-corrected chi connectivity index (χ4v) is 4.12. The molecule has 0 aliphatic heterocycles. The number of carbonyl (C=O) groups excluding carboxylic acids is 1. The molecule has 1 saturated carbocycles. The Morgan fingerprint density at radius 1 is 1.26 bits per heavy atom. The fourth-order valence-electron chi connectivity index (χ4n) is 4.12. The van der Waals surface area contributed by atoms with Crippen molar-refractivity contribution in [2.45, 2.75) is 57.4 Å². The Hall–Kier alpha value is -2.81. The molecule has 0 aromatic carbocycles. The molecular formula is C21H23N3O3. The van der Waals surface area contributed by atoms with Crippen molar-refractivity contribution < 1.29 is 13.9 Å². The third-order valence-corrected chi connectivity index (χ3v) is 5.41. The van der Waals surface area contributed by atoms with E-state index < -0.39 is 0 Å². The number of aromatic nitrogens is 1. The molecule has 0 spiro atoms. The minimum absolute atomic E-state index is 0.130. The molecule has 0 saturated heterocycles. The van der Waals surface area contributed by atoms with Gasteiger partial charge in [-0.25, -0.2) is 4.98 Å². The Bertz CT molecular complexity index is 862. The van der Waals surface area contributed by atoms with E-state index >= 15 is 0 Å². The number of ether oxygens (including phenoxy) is 1. The van der Waals surface area contributed by atoms with Gasteiger partial charge in [0.05, 0.1) is 6.26 Å². The van der Waals surface area contributed by atoms with E-state index in [0.717, 1.165) is 56.1 Å². The smallest absolute Gasteiger partial charge is 0.258 e. The summed E-state index contributed by atoms with van der Waals surface area (Å²) in [6.07, 6.45) is 9.87. The summed E-state index contributed by atoms with van der Waals surface area (Å²) < 4.78 is 11.2. The van der Waals surface area contributed by atoms with E-state index in [1.165, 1.54) is 6.42 Å². The molecule has 1 N–H and O–H groups in total. The van der Waals surface area contributed by atoms with Gasteiger partial charge in [0, 0.05) is 6.04 Å². The first-order valence-corrected chi connectivity index (χ1v) is 9.68. The Morgan fingerprint density at radius 3 is 2.81 bits per heavy atom. The van der Waals surface area contributed by atoms with Crippen LogP contribution in [0.2, 0.25) is 0 Å². The van der Waals surface area contributed by atoms with Crippen molar-refractivity contribution in [1.29, 1.82) is 5.26 Å². The van der Waals surface area contributed by atoms with Crippen molar-refractivity contribution in [3.8, 4) is 23.4 Å². The topological polar surface area (TPSA) is 88.1 Å². The number of nitriles is 1. The van der Waals surface area contributed by atoms with E-state index in [9.17, 15) is 10.1 Å².